The zero-order chi connectivity index (χ0) is 12.7. The van der Waals surface area contributed by atoms with Crippen molar-refractivity contribution < 1.29 is 14.3 Å². The topological polar surface area (TPSA) is 47.6 Å². The summed E-state index contributed by atoms with van der Waals surface area (Å²) < 4.78 is 10.5. The fraction of sp³-hybridized carbons (Fsp3) is 0.923. The third kappa shape index (κ3) is 5.04. The Labute approximate surface area is 104 Å². The van der Waals surface area contributed by atoms with E-state index in [9.17, 15) is 4.79 Å². The van der Waals surface area contributed by atoms with Crippen molar-refractivity contribution in [2.75, 3.05) is 20.8 Å². The van der Waals surface area contributed by atoms with Gasteiger partial charge in [-0.3, -0.25) is 4.79 Å². The molecule has 0 aromatic rings. The van der Waals surface area contributed by atoms with Crippen LogP contribution in [-0.4, -0.2) is 38.9 Å². The van der Waals surface area contributed by atoms with Crippen LogP contribution in [0.5, 0.6) is 0 Å². The molecule has 0 amide bonds. The first-order valence-corrected chi connectivity index (χ1v) is 6.54. The van der Waals surface area contributed by atoms with Gasteiger partial charge >= 0.3 is 5.97 Å². The van der Waals surface area contributed by atoms with Crippen LogP contribution in [0.15, 0.2) is 0 Å². The maximum absolute atomic E-state index is 11.3. The standard InChI is InChI=1S/C13H25NO3/c1-10-5-4-6-11(9-10)17-8-7-12(14-2)13(15)16-3/h10-12,14H,4-9H2,1-3H3. The Hall–Kier alpha value is -0.610. The minimum atomic E-state index is -0.249. The highest BCUT2D eigenvalue weighted by Crippen LogP contribution is 2.25. The van der Waals surface area contributed by atoms with E-state index < -0.39 is 0 Å². The fourth-order valence-electron chi connectivity index (χ4n) is 2.40. The first-order valence-electron chi connectivity index (χ1n) is 6.54. The molecule has 3 unspecified atom stereocenters. The first kappa shape index (κ1) is 14.5. The molecule has 1 aliphatic rings. The average molecular weight is 243 g/mol. The summed E-state index contributed by atoms with van der Waals surface area (Å²) in [7, 11) is 3.18. The SMILES string of the molecule is CNC(CCOC1CCCC(C)C1)C(=O)OC. The zero-order valence-corrected chi connectivity index (χ0v) is 11.2. The van der Waals surface area contributed by atoms with Gasteiger partial charge in [-0.15, -0.1) is 0 Å². The number of hydrogen-bond acceptors (Lipinski definition) is 4. The van der Waals surface area contributed by atoms with Gasteiger partial charge in [-0.25, -0.2) is 0 Å². The number of methoxy groups -OCH3 is 1. The molecule has 3 atom stereocenters. The van der Waals surface area contributed by atoms with Crippen molar-refractivity contribution in [3.05, 3.63) is 0 Å². The minimum Gasteiger partial charge on any atom is -0.468 e. The van der Waals surface area contributed by atoms with E-state index in [1.807, 2.05) is 0 Å². The molecule has 1 fully saturated rings. The smallest absolute Gasteiger partial charge is 0.322 e. The van der Waals surface area contributed by atoms with Crippen LogP contribution in [0.1, 0.15) is 39.0 Å². The maximum atomic E-state index is 11.3. The van der Waals surface area contributed by atoms with E-state index in [1.54, 1.807) is 7.05 Å². The van der Waals surface area contributed by atoms with Gasteiger partial charge in [-0.2, -0.15) is 0 Å². The van der Waals surface area contributed by atoms with Gasteiger partial charge in [-0.05, 0) is 32.2 Å². The zero-order valence-electron chi connectivity index (χ0n) is 11.2. The summed E-state index contributed by atoms with van der Waals surface area (Å²) >= 11 is 0. The van der Waals surface area contributed by atoms with Crippen LogP contribution in [0.4, 0.5) is 0 Å². The van der Waals surface area contributed by atoms with Crippen LogP contribution in [-0.2, 0) is 14.3 Å². The summed E-state index contributed by atoms with van der Waals surface area (Å²) in [5.41, 5.74) is 0. The van der Waals surface area contributed by atoms with Crippen molar-refractivity contribution in [3.8, 4) is 0 Å². The second-order valence-electron chi connectivity index (χ2n) is 4.92. The van der Waals surface area contributed by atoms with Gasteiger partial charge in [0.15, 0.2) is 0 Å². The quantitative estimate of drug-likeness (QED) is 0.722. The normalized spacial score (nSPS) is 26.5. The number of rotatable bonds is 6. The third-order valence-corrected chi connectivity index (χ3v) is 3.48. The molecule has 1 aliphatic carbocycles. The van der Waals surface area contributed by atoms with Crippen LogP contribution in [0, 0.1) is 5.92 Å². The summed E-state index contributed by atoms with van der Waals surface area (Å²) in [5, 5.41) is 2.94. The van der Waals surface area contributed by atoms with Gasteiger partial charge < -0.3 is 14.8 Å². The van der Waals surface area contributed by atoms with Gasteiger partial charge in [0.1, 0.15) is 6.04 Å². The molecule has 0 aliphatic heterocycles. The van der Waals surface area contributed by atoms with Crippen molar-refractivity contribution in [2.24, 2.45) is 5.92 Å². The highest BCUT2D eigenvalue weighted by atomic mass is 16.5. The summed E-state index contributed by atoms with van der Waals surface area (Å²) in [6, 6.07) is -0.249. The Kier molecular flexibility index (Phi) is 6.52. The van der Waals surface area contributed by atoms with Gasteiger partial charge in [0, 0.05) is 6.61 Å². The monoisotopic (exact) mass is 243 g/mol. The van der Waals surface area contributed by atoms with Crippen molar-refractivity contribution in [3.63, 3.8) is 0 Å². The Morgan fingerprint density at radius 2 is 2.24 bits per heavy atom. The van der Waals surface area contributed by atoms with Crippen molar-refractivity contribution in [1.29, 1.82) is 0 Å². The van der Waals surface area contributed by atoms with E-state index in [0.29, 0.717) is 19.1 Å². The lowest BCUT2D eigenvalue weighted by Gasteiger charge is -2.27. The molecule has 0 bridgehead atoms. The molecule has 17 heavy (non-hydrogen) atoms. The second-order valence-corrected chi connectivity index (χ2v) is 4.92. The number of likely N-dealkylation sites (N-methyl/N-ethyl adjacent to an activating group) is 1. The van der Waals surface area contributed by atoms with Crippen molar-refractivity contribution in [1.82, 2.24) is 5.32 Å². The minimum absolute atomic E-state index is 0.215. The number of carbonyl (C=O) groups is 1. The molecule has 0 aromatic carbocycles. The number of carbonyl (C=O) groups excluding carboxylic acids is 1. The highest BCUT2D eigenvalue weighted by Gasteiger charge is 2.21. The Bertz CT molecular complexity index is 233. The van der Waals surface area contributed by atoms with Gasteiger partial charge in [-0.1, -0.05) is 19.8 Å². The van der Waals surface area contributed by atoms with E-state index >= 15 is 0 Å². The molecule has 0 aromatic heterocycles. The van der Waals surface area contributed by atoms with Crippen LogP contribution < -0.4 is 5.32 Å². The fourth-order valence-corrected chi connectivity index (χ4v) is 2.40. The molecule has 0 saturated heterocycles. The predicted octanol–water partition coefficient (Wildman–Crippen LogP) is 1.73. The average Bonchev–Trinajstić information content (AvgIpc) is 2.34. The molecule has 4 nitrogen and oxygen atoms in total. The van der Waals surface area contributed by atoms with Crippen molar-refractivity contribution in [2.45, 2.75) is 51.2 Å². The molecule has 1 rings (SSSR count). The van der Waals surface area contributed by atoms with E-state index in [-0.39, 0.29) is 12.0 Å². The van der Waals surface area contributed by atoms with E-state index in [4.69, 9.17) is 9.47 Å². The van der Waals surface area contributed by atoms with Crippen LogP contribution in [0.3, 0.4) is 0 Å². The molecule has 0 heterocycles. The molecular weight excluding hydrogens is 218 g/mol. The molecule has 1 saturated carbocycles. The molecule has 0 spiro atoms. The second kappa shape index (κ2) is 7.67. The number of esters is 1. The Morgan fingerprint density at radius 3 is 2.82 bits per heavy atom. The summed E-state index contributed by atoms with van der Waals surface area (Å²) in [5.74, 6) is 0.558. The Balaban J connectivity index is 2.19. The molecule has 1 N–H and O–H groups in total. The first-order chi connectivity index (χ1) is 8.17. The number of ether oxygens (including phenoxy) is 2. The summed E-state index contributed by atoms with van der Waals surface area (Å²) in [4.78, 5) is 11.3. The number of hydrogen-bond donors (Lipinski definition) is 1. The molecular formula is C13H25NO3. The molecule has 4 heteroatoms. The Morgan fingerprint density at radius 1 is 1.47 bits per heavy atom. The van der Waals surface area contributed by atoms with Crippen molar-refractivity contribution >= 4 is 5.97 Å². The maximum Gasteiger partial charge on any atom is 0.322 e. The van der Waals surface area contributed by atoms with Gasteiger partial charge in [0.25, 0.3) is 0 Å². The van der Waals surface area contributed by atoms with E-state index in [1.165, 1.54) is 20.0 Å². The van der Waals surface area contributed by atoms with Crippen LogP contribution in [0.25, 0.3) is 0 Å². The van der Waals surface area contributed by atoms with Crippen LogP contribution >= 0.6 is 0 Å². The molecule has 0 radical (unpaired) electrons. The third-order valence-electron chi connectivity index (χ3n) is 3.48. The van der Waals surface area contributed by atoms with Gasteiger partial charge in [0.05, 0.1) is 13.2 Å². The highest BCUT2D eigenvalue weighted by molar-refractivity contribution is 5.75. The lowest BCUT2D eigenvalue weighted by atomic mass is 9.89. The number of nitrogens with one attached hydrogen (secondary N) is 1. The van der Waals surface area contributed by atoms with E-state index in [0.717, 1.165) is 18.8 Å². The van der Waals surface area contributed by atoms with Gasteiger partial charge in [0.2, 0.25) is 0 Å². The van der Waals surface area contributed by atoms with Crippen LogP contribution in [0.2, 0.25) is 0 Å². The lowest BCUT2D eigenvalue weighted by molar-refractivity contribution is -0.143. The van der Waals surface area contributed by atoms with E-state index in [2.05, 4.69) is 12.2 Å². The molecule has 100 valence electrons. The predicted molar refractivity (Wildman–Crippen MR) is 66.9 cm³/mol. The lowest BCUT2D eigenvalue weighted by Crippen LogP contribution is -2.36. The summed E-state index contributed by atoms with van der Waals surface area (Å²) in [6.07, 6.45) is 5.96. The largest absolute Gasteiger partial charge is 0.468 e. The summed E-state index contributed by atoms with van der Waals surface area (Å²) in [6.45, 7) is 2.90.